The predicted octanol–water partition coefficient (Wildman–Crippen LogP) is 2.18. The van der Waals surface area contributed by atoms with E-state index in [4.69, 9.17) is 5.73 Å². The molecule has 1 amide bonds. The Hall–Kier alpha value is -1.07. The number of hydrogen-bond donors (Lipinski definition) is 2. The predicted molar refractivity (Wildman–Crippen MR) is 82.8 cm³/mol. The molecule has 1 aromatic rings. The largest absolute Gasteiger partial charge is 0.368 e. The van der Waals surface area contributed by atoms with Gasteiger partial charge in [0.1, 0.15) is 0 Å². The third-order valence-corrected chi connectivity index (χ3v) is 5.00. The lowest BCUT2D eigenvalue weighted by atomic mass is 9.97. The third kappa shape index (κ3) is 3.33. The highest BCUT2D eigenvalue weighted by Gasteiger charge is 2.43. The van der Waals surface area contributed by atoms with Gasteiger partial charge in [0, 0.05) is 10.9 Å². The number of pyridine rings is 1. The zero-order chi connectivity index (χ0) is 14.8. The maximum atomic E-state index is 11.8. The zero-order valence-electron chi connectivity index (χ0n) is 12.4. The fourth-order valence-corrected chi connectivity index (χ4v) is 4.34. The molecular formula is C15H23N3OS. The van der Waals surface area contributed by atoms with Gasteiger partial charge in [0.05, 0.1) is 10.6 Å². The summed E-state index contributed by atoms with van der Waals surface area (Å²) in [5.41, 5.74) is 7.34. The van der Waals surface area contributed by atoms with Crippen molar-refractivity contribution in [3.63, 3.8) is 0 Å². The van der Waals surface area contributed by atoms with E-state index in [9.17, 15) is 4.79 Å². The second-order valence-corrected chi connectivity index (χ2v) is 6.90. The number of carbonyl (C=O) groups is 1. The van der Waals surface area contributed by atoms with Crippen molar-refractivity contribution < 1.29 is 4.79 Å². The van der Waals surface area contributed by atoms with Gasteiger partial charge in [-0.1, -0.05) is 6.92 Å². The number of primary amides is 1. The van der Waals surface area contributed by atoms with Crippen molar-refractivity contribution in [3.8, 4) is 0 Å². The summed E-state index contributed by atoms with van der Waals surface area (Å²) in [6.07, 6.45) is 2.60. The molecule has 1 fully saturated rings. The van der Waals surface area contributed by atoms with Gasteiger partial charge in [-0.25, -0.2) is 4.98 Å². The van der Waals surface area contributed by atoms with Crippen LogP contribution in [0.3, 0.4) is 0 Å². The topological polar surface area (TPSA) is 68.0 Å². The minimum atomic E-state index is -0.523. The highest BCUT2D eigenvalue weighted by molar-refractivity contribution is 7.99. The standard InChI is InChI=1S/C15H23N3OS/c1-4-17-15(14(16)19)6-5-12(9-15)20-13-8-10(2)7-11(3)18-13/h7-8,12,17H,4-6,9H2,1-3H3,(H2,16,19). The van der Waals surface area contributed by atoms with Crippen LogP contribution >= 0.6 is 11.8 Å². The molecule has 0 aliphatic heterocycles. The average molecular weight is 293 g/mol. The summed E-state index contributed by atoms with van der Waals surface area (Å²) in [4.78, 5) is 16.3. The Morgan fingerprint density at radius 1 is 1.55 bits per heavy atom. The number of nitrogens with two attached hydrogens (primary N) is 1. The third-order valence-electron chi connectivity index (χ3n) is 3.82. The van der Waals surface area contributed by atoms with Gasteiger partial charge in [0.15, 0.2) is 0 Å². The van der Waals surface area contributed by atoms with Crippen LogP contribution in [-0.2, 0) is 4.79 Å². The molecule has 1 aliphatic carbocycles. The van der Waals surface area contributed by atoms with E-state index < -0.39 is 5.54 Å². The molecule has 4 nitrogen and oxygen atoms in total. The Bertz CT molecular complexity index is 486. The molecule has 3 N–H and O–H groups in total. The molecule has 0 spiro atoms. The maximum Gasteiger partial charge on any atom is 0.237 e. The fraction of sp³-hybridized carbons (Fsp3) is 0.600. The first-order valence-corrected chi connectivity index (χ1v) is 8.00. The summed E-state index contributed by atoms with van der Waals surface area (Å²) in [6, 6.07) is 4.18. The lowest BCUT2D eigenvalue weighted by Gasteiger charge is -2.26. The lowest BCUT2D eigenvalue weighted by molar-refractivity contribution is -0.124. The summed E-state index contributed by atoms with van der Waals surface area (Å²) in [6.45, 7) is 6.87. The van der Waals surface area contributed by atoms with E-state index in [0.717, 1.165) is 36.5 Å². The second kappa shape index (κ2) is 6.14. The summed E-state index contributed by atoms with van der Waals surface area (Å²) in [5.74, 6) is -0.226. The minimum Gasteiger partial charge on any atom is -0.368 e. The van der Waals surface area contributed by atoms with Crippen LogP contribution < -0.4 is 11.1 Å². The molecule has 0 aromatic carbocycles. The maximum absolute atomic E-state index is 11.8. The monoisotopic (exact) mass is 293 g/mol. The van der Waals surface area contributed by atoms with Gasteiger partial charge < -0.3 is 11.1 Å². The molecule has 1 saturated carbocycles. The smallest absolute Gasteiger partial charge is 0.237 e. The average Bonchev–Trinajstić information content (AvgIpc) is 2.72. The van der Waals surface area contributed by atoms with Gasteiger partial charge >= 0.3 is 0 Å². The quantitative estimate of drug-likeness (QED) is 0.873. The molecule has 1 aliphatic rings. The van der Waals surface area contributed by atoms with E-state index in [1.54, 1.807) is 11.8 Å². The number of thioether (sulfide) groups is 1. The first-order chi connectivity index (χ1) is 9.45. The molecule has 1 aromatic heterocycles. The van der Waals surface area contributed by atoms with Gasteiger partial charge in [-0.3, -0.25) is 4.79 Å². The van der Waals surface area contributed by atoms with E-state index in [1.165, 1.54) is 5.56 Å². The van der Waals surface area contributed by atoms with E-state index in [0.29, 0.717) is 5.25 Å². The molecule has 1 heterocycles. The van der Waals surface area contributed by atoms with E-state index in [-0.39, 0.29) is 5.91 Å². The van der Waals surface area contributed by atoms with Gasteiger partial charge in [-0.15, -0.1) is 11.8 Å². The highest BCUT2D eigenvalue weighted by Crippen LogP contribution is 2.39. The Labute approximate surface area is 124 Å². The molecule has 0 bridgehead atoms. The number of aromatic nitrogens is 1. The Kier molecular flexibility index (Phi) is 4.70. The number of nitrogens with one attached hydrogen (secondary N) is 1. The fourth-order valence-electron chi connectivity index (χ4n) is 2.95. The number of carbonyl (C=O) groups excluding carboxylic acids is 1. The molecule has 2 rings (SSSR count). The molecule has 0 saturated heterocycles. The lowest BCUT2D eigenvalue weighted by Crippen LogP contribution is -2.53. The van der Waals surface area contributed by atoms with E-state index in [1.807, 2.05) is 13.8 Å². The van der Waals surface area contributed by atoms with Crippen LogP contribution in [0, 0.1) is 13.8 Å². The molecule has 2 unspecified atom stereocenters. The summed E-state index contributed by atoms with van der Waals surface area (Å²) in [7, 11) is 0. The van der Waals surface area contributed by atoms with Crippen LogP contribution in [0.2, 0.25) is 0 Å². The van der Waals surface area contributed by atoms with Crippen molar-refractivity contribution in [2.75, 3.05) is 6.54 Å². The Balaban J connectivity index is 2.07. The molecule has 2 atom stereocenters. The van der Waals surface area contributed by atoms with Crippen molar-refractivity contribution in [1.82, 2.24) is 10.3 Å². The van der Waals surface area contributed by atoms with Crippen molar-refractivity contribution in [1.29, 1.82) is 0 Å². The second-order valence-electron chi connectivity index (χ2n) is 5.58. The Morgan fingerprint density at radius 3 is 2.90 bits per heavy atom. The van der Waals surface area contributed by atoms with Crippen molar-refractivity contribution in [3.05, 3.63) is 23.4 Å². The highest BCUT2D eigenvalue weighted by atomic mass is 32.2. The van der Waals surface area contributed by atoms with Crippen molar-refractivity contribution in [2.24, 2.45) is 5.73 Å². The van der Waals surface area contributed by atoms with Crippen LogP contribution in [0.1, 0.15) is 37.4 Å². The summed E-state index contributed by atoms with van der Waals surface area (Å²) < 4.78 is 0. The molecule has 0 radical (unpaired) electrons. The number of rotatable bonds is 5. The number of nitrogens with zero attached hydrogens (tertiary/aromatic N) is 1. The van der Waals surface area contributed by atoms with Crippen molar-refractivity contribution >= 4 is 17.7 Å². The number of likely N-dealkylation sites (N-methyl/N-ethyl adjacent to an activating group) is 1. The number of hydrogen-bond acceptors (Lipinski definition) is 4. The number of aryl methyl sites for hydroxylation is 2. The van der Waals surface area contributed by atoms with Crippen molar-refractivity contribution in [2.45, 2.75) is 55.8 Å². The molecule has 20 heavy (non-hydrogen) atoms. The van der Waals surface area contributed by atoms with Crippen LogP contribution in [0.5, 0.6) is 0 Å². The minimum absolute atomic E-state index is 0.226. The normalized spacial score (nSPS) is 25.9. The van der Waals surface area contributed by atoms with Crippen LogP contribution in [0.15, 0.2) is 17.2 Å². The van der Waals surface area contributed by atoms with Gasteiger partial charge in [0.25, 0.3) is 0 Å². The van der Waals surface area contributed by atoms with Gasteiger partial charge in [-0.05, 0) is 57.4 Å². The van der Waals surface area contributed by atoms with E-state index in [2.05, 4.69) is 29.4 Å². The molecular weight excluding hydrogens is 270 g/mol. The van der Waals surface area contributed by atoms with Crippen LogP contribution in [0.25, 0.3) is 0 Å². The molecule has 5 heteroatoms. The first kappa shape index (κ1) is 15.3. The number of amides is 1. The van der Waals surface area contributed by atoms with Gasteiger partial charge in [0.2, 0.25) is 5.91 Å². The SMILES string of the molecule is CCNC1(C(N)=O)CCC(Sc2cc(C)cc(C)n2)C1. The van der Waals surface area contributed by atoms with Crippen LogP contribution in [-0.4, -0.2) is 28.2 Å². The van der Waals surface area contributed by atoms with Gasteiger partial charge in [-0.2, -0.15) is 0 Å². The van der Waals surface area contributed by atoms with E-state index >= 15 is 0 Å². The molecule has 110 valence electrons. The van der Waals surface area contributed by atoms with Crippen LogP contribution in [0.4, 0.5) is 0 Å². The zero-order valence-corrected chi connectivity index (χ0v) is 13.2. The summed E-state index contributed by atoms with van der Waals surface area (Å²) in [5, 5.41) is 4.73. The summed E-state index contributed by atoms with van der Waals surface area (Å²) >= 11 is 1.77. The first-order valence-electron chi connectivity index (χ1n) is 7.12. The Morgan fingerprint density at radius 2 is 2.30 bits per heavy atom.